The van der Waals surface area contributed by atoms with E-state index in [0.717, 1.165) is 37.8 Å². The van der Waals surface area contributed by atoms with Gasteiger partial charge in [0.05, 0.1) is 10.0 Å². The van der Waals surface area contributed by atoms with Gasteiger partial charge in [0.2, 0.25) is 5.91 Å². The van der Waals surface area contributed by atoms with Gasteiger partial charge in [-0.1, -0.05) is 29.3 Å². The lowest BCUT2D eigenvalue weighted by Crippen LogP contribution is -2.52. The van der Waals surface area contributed by atoms with E-state index >= 15 is 0 Å². The summed E-state index contributed by atoms with van der Waals surface area (Å²) >= 11 is 12.5. The number of nitrogens with zero attached hydrogens (tertiary/aromatic N) is 3. The highest BCUT2D eigenvalue weighted by Gasteiger charge is 2.42. The van der Waals surface area contributed by atoms with Gasteiger partial charge in [-0.25, -0.2) is 9.18 Å². The first-order valence-electron chi connectivity index (χ1n) is 14.6. The van der Waals surface area contributed by atoms with Crippen molar-refractivity contribution in [1.82, 2.24) is 14.7 Å². The zero-order chi connectivity index (χ0) is 30.0. The summed E-state index contributed by atoms with van der Waals surface area (Å²) in [5, 5.41) is 0.859. The molecule has 3 heterocycles. The van der Waals surface area contributed by atoms with Gasteiger partial charge in [0.1, 0.15) is 11.9 Å². The molecule has 0 N–H and O–H groups in total. The fourth-order valence-corrected chi connectivity index (χ4v) is 6.80. The minimum Gasteiger partial charge on any atom is -0.490 e. The van der Waals surface area contributed by atoms with Crippen molar-refractivity contribution in [3.05, 3.63) is 63.6 Å². The van der Waals surface area contributed by atoms with Crippen LogP contribution in [-0.2, 0) is 10.7 Å². The van der Waals surface area contributed by atoms with Crippen LogP contribution >= 0.6 is 23.2 Å². The lowest BCUT2D eigenvalue weighted by molar-refractivity contribution is -0.136. The summed E-state index contributed by atoms with van der Waals surface area (Å²) in [5.41, 5.74) is 0.519. The number of likely N-dealkylation sites (tertiary alicyclic amines) is 3. The van der Waals surface area contributed by atoms with E-state index in [1.807, 2.05) is 33.8 Å². The molecular weight excluding hydrogens is 590 g/mol. The topological polar surface area (TPSA) is 53.1 Å². The minimum atomic E-state index is -3.55. The number of benzene rings is 2. The van der Waals surface area contributed by atoms with Crippen LogP contribution in [0.25, 0.3) is 0 Å². The van der Waals surface area contributed by atoms with Gasteiger partial charge in [-0.3, -0.25) is 4.79 Å². The summed E-state index contributed by atoms with van der Waals surface area (Å²) in [7, 11) is 0. The van der Waals surface area contributed by atoms with Crippen LogP contribution in [0.15, 0.2) is 42.5 Å². The first-order valence-corrected chi connectivity index (χ1v) is 15.3. The Labute approximate surface area is 254 Å². The largest absolute Gasteiger partial charge is 0.490 e. The fourth-order valence-electron chi connectivity index (χ4n) is 6.49. The Kier molecular flexibility index (Phi) is 9.47. The number of piperidine rings is 2. The van der Waals surface area contributed by atoms with Crippen molar-refractivity contribution in [3.63, 3.8) is 0 Å². The number of amides is 3. The van der Waals surface area contributed by atoms with Gasteiger partial charge in [0.25, 0.3) is 0 Å². The van der Waals surface area contributed by atoms with E-state index in [2.05, 4.69) is 0 Å². The van der Waals surface area contributed by atoms with E-state index < -0.39 is 18.2 Å². The van der Waals surface area contributed by atoms with Gasteiger partial charge in [0.15, 0.2) is 6.67 Å². The number of rotatable bonds is 7. The highest BCUT2D eigenvalue weighted by atomic mass is 35.5. The van der Waals surface area contributed by atoms with Crippen LogP contribution in [-0.4, -0.2) is 78.2 Å². The molecule has 3 saturated heterocycles. The first-order chi connectivity index (χ1) is 20.1. The van der Waals surface area contributed by atoms with Crippen molar-refractivity contribution in [2.75, 3.05) is 39.4 Å². The molecule has 2 aromatic carbocycles. The van der Waals surface area contributed by atoms with Crippen molar-refractivity contribution in [2.45, 2.75) is 63.0 Å². The van der Waals surface area contributed by atoms with Crippen LogP contribution in [0.4, 0.5) is 18.0 Å². The van der Waals surface area contributed by atoms with Gasteiger partial charge in [-0.2, -0.15) is 8.78 Å². The van der Waals surface area contributed by atoms with Crippen molar-refractivity contribution < 1.29 is 27.5 Å². The number of carbonyl (C=O) groups excluding carboxylic acids is 2. The molecule has 2 unspecified atom stereocenters. The molecule has 3 fully saturated rings. The Morgan fingerprint density at radius 1 is 1.00 bits per heavy atom. The number of alkyl halides is 3. The number of hydrogen-bond donors (Lipinski definition) is 0. The zero-order valence-electron chi connectivity index (χ0n) is 23.6. The Balaban J connectivity index is 1.28. The van der Waals surface area contributed by atoms with E-state index in [9.17, 15) is 22.8 Å². The third kappa shape index (κ3) is 6.62. The van der Waals surface area contributed by atoms with E-state index in [4.69, 9.17) is 27.9 Å². The molecule has 5 rings (SSSR count). The second-order valence-corrected chi connectivity index (χ2v) is 12.4. The van der Waals surface area contributed by atoms with Crippen molar-refractivity contribution in [2.24, 2.45) is 5.92 Å². The number of ether oxygens (including phenoxy) is 1. The van der Waals surface area contributed by atoms with Gasteiger partial charge >= 0.3 is 12.0 Å². The molecule has 228 valence electrons. The lowest BCUT2D eigenvalue weighted by atomic mass is 9.85. The molecule has 42 heavy (non-hydrogen) atoms. The number of hydrogen-bond acceptors (Lipinski definition) is 3. The molecular formula is C31H36Cl2F3N3O3. The molecule has 2 aromatic rings. The van der Waals surface area contributed by atoms with Gasteiger partial charge in [0, 0.05) is 62.6 Å². The quantitative estimate of drug-likeness (QED) is 0.329. The molecule has 0 aliphatic carbocycles. The van der Waals surface area contributed by atoms with Crippen LogP contribution in [0, 0.1) is 5.92 Å². The highest BCUT2D eigenvalue weighted by Crippen LogP contribution is 2.39. The predicted molar refractivity (Wildman–Crippen MR) is 156 cm³/mol. The molecule has 6 nitrogen and oxygen atoms in total. The second-order valence-electron chi connectivity index (χ2n) is 11.6. The van der Waals surface area contributed by atoms with E-state index in [-0.39, 0.29) is 35.9 Å². The SMILES string of the molecule is C[C@@H](Oc1ccc(C(F)(F)CF)cc1)C1CN(C(=O)N2CCC(N3CCCCC3=O)CC2)CC1c1ccc(Cl)c(Cl)c1. The van der Waals surface area contributed by atoms with Crippen molar-refractivity contribution in [3.8, 4) is 5.75 Å². The standard InChI is InChI=1S/C31H36Cl2F3N3O3/c1-20(42-24-8-6-22(7-9-24)31(35,36)19-34)25-17-38(18-26(25)21-5-10-27(32)28(33)16-21)30(41)37-14-11-23(12-15-37)39-13-3-2-4-29(39)40/h5-10,16,20,23,25-26H,2-4,11-15,17-19H2,1H3/t20-,25?,26?/m1/s1. The molecule has 0 radical (unpaired) electrons. The molecule has 0 bridgehead atoms. The molecule has 3 aliphatic rings. The Morgan fingerprint density at radius 3 is 2.36 bits per heavy atom. The maximum absolute atomic E-state index is 13.7. The fraction of sp³-hybridized carbons (Fsp3) is 0.548. The van der Waals surface area contributed by atoms with Gasteiger partial charge in [-0.15, -0.1) is 0 Å². The Bertz CT molecular complexity index is 1270. The molecule has 3 aliphatic heterocycles. The molecule has 3 amide bonds. The number of halogens is 5. The summed E-state index contributed by atoms with van der Waals surface area (Å²) in [6.45, 7) is 3.01. The Morgan fingerprint density at radius 2 is 1.71 bits per heavy atom. The van der Waals surface area contributed by atoms with Crippen molar-refractivity contribution >= 4 is 35.1 Å². The average molecular weight is 627 g/mol. The lowest BCUT2D eigenvalue weighted by Gasteiger charge is -2.41. The maximum atomic E-state index is 13.7. The summed E-state index contributed by atoms with van der Waals surface area (Å²) in [6.07, 6.45) is 3.74. The van der Waals surface area contributed by atoms with Gasteiger partial charge in [-0.05, 0) is 74.6 Å². The highest BCUT2D eigenvalue weighted by molar-refractivity contribution is 6.42. The third-order valence-corrected chi connectivity index (χ3v) is 9.65. The van der Waals surface area contributed by atoms with E-state index in [0.29, 0.717) is 48.4 Å². The van der Waals surface area contributed by atoms with Crippen LogP contribution in [0.1, 0.15) is 56.1 Å². The summed E-state index contributed by atoms with van der Waals surface area (Å²) in [6, 6.07) is 10.8. The average Bonchev–Trinajstić information content (AvgIpc) is 3.45. The van der Waals surface area contributed by atoms with E-state index in [1.165, 1.54) is 24.3 Å². The monoisotopic (exact) mass is 625 g/mol. The molecule has 0 saturated carbocycles. The van der Waals surface area contributed by atoms with Crippen molar-refractivity contribution in [1.29, 1.82) is 0 Å². The van der Waals surface area contributed by atoms with Crippen LogP contribution in [0.5, 0.6) is 5.75 Å². The molecule has 11 heteroatoms. The maximum Gasteiger partial charge on any atom is 0.320 e. The third-order valence-electron chi connectivity index (χ3n) is 8.91. The first kappa shape index (κ1) is 30.8. The summed E-state index contributed by atoms with van der Waals surface area (Å²) in [5.74, 6) is -3.17. The molecule has 3 atom stereocenters. The summed E-state index contributed by atoms with van der Waals surface area (Å²) < 4.78 is 46.4. The van der Waals surface area contributed by atoms with Crippen LogP contribution in [0.2, 0.25) is 10.0 Å². The zero-order valence-corrected chi connectivity index (χ0v) is 25.1. The number of carbonyl (C=O) groups is 2. The molecule has 0 aromatic heterocycles. The van der Waals surface area contributed by atoms with Crippen LogP contribution in [0.3, 0.4) is 0 Å². The Hall–Kier alpha value is -2.65. The van der Waals surface area contributed by atoms with Gasteiger partial charge < -0.3 is 19.4 Å². The summed E-state index contributed by atoms with van der Waals surface area (Å²) in [4.78, 5) is 31.8. The predicted octanol–water partition coefficient (Wildman–Crippen LogP) is 7.13. The normalized spacial score (nSPS) is 22.9. The molecule has 0 spiro atoms. The van der Waals surface area contributed by atoms with Crippen LogP contribution < -0.4 is 4.74 Å². The number of urea groups is 1. The smallest absolute Gasteiger partial charge is 0.320 e. The second kappa shape index (κ2) is 12.9. The van der Waals surface area contributed by atoms with E-state index in [1.54, 1.807) is 6.07 Å². The minimum absolute atomic E-state index is 0.0454.